The highest BCUT2D eigenvalue weighted by Gasteiger charge is 2.40. The summed E-state index contributed by atoms with van der Waals surface area (Å²) in [5, 5.41) is 0. The van der Waals surface area contributed by atoms with E-state index in [2.05, 4.69) is 4.99 Å². The fourth-order valence-electron chi connectivity index (χ4n) is 4.68. The zero-order valence-corrected chi connectivity index (χ0v) is 29.1. The van der Waals surface area contributed by atoms with Crippen molar-refractivity contribution in [3.63, 3.8) is 0 Å². The third-order valence-electron chi connectivity index (χ3n) is 6.82. The molecule has 0 radical (unpaired) electrons. The van der Waals surface area contributed by atoms with Crippen molar-refractivity contribution in [1.29, 1.82) is 0 Å². The lowest BCUT2D eigenvalue weighted by Crippen LogP contribution is -2.35. The predicted molar refractivity (Wildman–Crippen MR) is 166 cm³/mol. The molecular formula is C33H41F9NO5P. The molecule has 1 aliphatic heterocycles. The first kappa shape index (κ1) is 40.8. The van der Waals surface area contributed by atoms with Crippen molar-refractivity contribution in [2.24, 2.45) is 4.99 Å². The fraction of sp³-hybridized carbons (Fsp3) is 0.606. The van der Waals surface area contributed by atoms with Crippen molar-refractivity contribution in [2.45, 2.75) is 109 Å². The van der Waals surface area contributed by atoms with Gasteiger partial charge in [-0.15, -0.1) is 0 Å². The molecule has 0 fully saturated rings. The van der Waals surface area contributed by atoms with Gasteiger partial charge in [0, 0.05) is 6.92 Å². The molecule has 0 bridgehead atoms. The third-order valence-corrected chi connectivity index (χ3v) is 8.56. The molecule has 49 heavy (non-hydrogen) atoms. The van der Waals surface area contributed by atoms with Gasteiger partial charge in [0.2, 0.25) is 0 Å². The van der Waals surface area contributed by atoms with Crippen molar-refractivity contribution in [1.82, 2.24) is 0 Å². The number of rotatable bonds is 13. The summed E-state index contributed by atoms with van der Waals surface area (Å²) in [6, 6.07) is 4.71. The molecular weight excluding hydrogens is 692 g/mol. The number of halogens is 9. The first-order chi connectivity index (χ1) is 22.2. The van der Waals surface area contributed by atoms with Gasteiger partial charge in [-0.1, -0.05) is 6.07 Å². The van der Waals surface area contributed by atoms with E-state index in [4.69, 9.17) is 23.0 Å². The lowest BCUT2D eigenvalue weighted by molar-refractivity contribution is -0.143. The van der Waals surface area contributed by atoms with Crippen LogP contribution in [-0.4, -0.2) is 42.5 Å². The van der Waals surface area contributed by atoms with E-state index in [1.165, 1.54) is 6.07 Å². The maximum Gasteiger partial charge on any atom is 0.419 e. The molecule has 0 aromatic heterocycles. The lowest BCUT2D eigenvalue weighted by atomic mass is 9.93. The van der Waals surface area contributed by atoms with Crippen LogP contribution < -0.4 is 4.74 Å². The van der Waals surface area contributed by atoms with Crippen LogP contribution in [-0.2, 0) is 49.7 Å². The maximum atomic E-state index is 14.1. The molecule has 0 N–H and O–H groups in total. The number of aryl methyl sites for hydroxylation is 2. The van der Waals surface area contributed by atoms with Crippen LogP contribution in [0.4, 0.5) is 39.5 Å². The van der Waals surface area contributed by atoms with E-state index >= 15 is 0 Å². The van der Waals surface area contributed by atoms with E-state index in [9.17, 15) is 39.5 Å². The van der Waals surface area contributed by atoms with Crippen molar-refractivity contribution >= 4 is 14.5 Å². The Morgan fingerprint density at radius 2 is 1.33 bits per heavy atom. The zero-order valence-electron chi connectivity index (χ0n) is 28.3. The van der Waals surface area contributed by atoms with E-state index in [-0.39, 0.29) is 57.1 Å². The number of benzene rings is 2. The SMILES string of the molecule is CC1=NC(CCc2ccc(OCCCc3cc(C(F)(F)F)cc(C(F)(F)F)c3)c(C(F)(F)F)c2)(COP(OC(C)(C)C)OC(C)(C)C)CO1. The number of aliphatic imine (C=N–C) groups is 1. The van der Waals surface area contributed by atoms with Gasteiger partial charge in [-0.05, 0) is 109 Å². The van der Waals surface area contributed by atoms with Gasteiger partial charge >= 0.3 is 27.1 Å². The largest absolute Gasteiger partial charge is 0.493 e. The Balaban J connectivity index is 1.71. The third kappa shape index (κ3) is 13.2. The van der Waals surface area contributed by atoms with Crippen molar-refractivity contribution in [3.05, 3.63) is 64.2 Å². The summed E-state index contributed by atoms with van der Waals surface area (Å²) in [6.45, 7) is 12.5. The molecule has 0 spiro atoms. The normalized spacial score (nSPS) is 17.8. The standard InChI is InChI=1S/C33H41F9NO5P/c1-21-43-30(19-45-21,20-46-49(47-28(2,3)4)48-29(5,6)7)13-12-22-10-11-27(26(17-22)33(40,41)42)44-14-8-9-23-15-24(31(34,35)36)18-25(16-23)32(37,38)39/h10-11,15-18H,8-9,12-14,19-20H2,1-7H3. The van der Waals surface area contributed by atoms with Crippen LogP contribution in [0.3, 0.4) is 0 Å². The molecule has 276 valence electrons. The minimum Gasteiger partial charge on any atom is -0.493 e. The Bertz CT molecular complexity index is 1400. The minimum absolute atomic E-state index is 0.0137. The molecule has 0 saturated carbocycles. The van der Waals surface area contributed by atoms with Gasteiger partial charge in [0.15, 0.2) is 5.90 Å². The maximum absolute atomic E-state index is 14.1. The number of nitrogens with zero attached hydrogens (tertiary/aromatic N) is 1. The number of ether oxygens (including phenoxy) is 2. The summed E-state index contributed by atoms with van der Waals surface area (Å²) in [5.74, 6) is -0.113. The number of hydrogen-bond acceptors (Lipinski definition) is 6. The molecule has 0 amide bonds. The summed E-state index contributed by atoms with van der Waals surface area (Å²) in [7, 11) is -1.82. The summed E-state index contributed by atoms with van der Waals surface area (Å²) < 4.78 is 150. The Morgan fingerprint density at radius 1 is 0.755 bits per heavy atom. The smallest absolute Gasteiger partial charge is 0.419 e. The van der Waals surface area contributed by atoms with Crippen LogP contribution in [0.1, 0.15) is 89.1 Å². The molecule has 1 aliphatic rings. The highest BCUT2D eigenvalue weighted by Crippen LogP contribution is 2.48. The van der Waals surface area contributed by atoms with Gasteiger partial charge in [-0.3, -0.25) is 0 Å². The van der Waals surface area contributed by atoms with Crippen molar-refractivity contribution in [2.75, 3.05) is 19.8 Å². The lowest BCUT2D eigenvalue weighted by Gasteiger charge is -2.32. The quantitative estimate of drug-likeness (QED) is 0.117. The predicted octanol–water partition coefficient (Wildman–Crippen LogP) is 10.7. The number of hydrogen-bond donors (Lipinski definition) is 0. The molecule has 16 heteroatoms. The van der Waals surface area contributed by atoms with E-state index < -0.39 is 66.3 Å². The van der Waals surface area contributed by atoms with E-state index in [0.29, 0.717) is 23.6 Å². The second-order valence-corrected chi connectivity index (χ2v) is 14.8. The minimum atomic E-state index is -5.01. The highest BCUT2D eigenvalue weighted by molar-refractivity contribution is 7.41. The Kier molecular flexibility index (Phi) is 12.8. The van der Waals surface area contributed by atoms with Crippen LogP contribution in [0.25, 0.3) is 0 Å². The van der Waals surface area contributed by atoms with Crippen LogP contribution in [0.2, 0.25) is 0 Å². The summed E-state index contributed by atoms with van der Waals surface area (Å²) in [5.41, 5.74) is -6.04. The number of alkyl halides is 9. The van der Waals surface area contributed by atoms with Crippen molar-refractivity contribution < 1.29 is 62.6 Å². The molecule has 1 unspecified atom stereocenters. The van der Waals surface area contributed by atoms with Gasteiger partial charge in [0.05, 0.1) is 41.1 Å². The molecule has 2 aromatic rings. The van der Waals surface area contributed by atoms with Gasteiger partial charge in [-0.25, -0.2) is 4.99 Å². The molecule has 0 saturated heterocycles. The monoisotopic (exact) mass is 733 g/mol. The topological polar surface area (TPSA) is 58.5 Å². The summed E-state index contributed by atoms with van der Waals surface area (Å²) >= 11 is 0. The zero-order chi connectivity index (χ0) is 37.1. The van der Waals surface area contributed by atoms with Gasteiger partial charge in [0.1, 0.15) is 17.9 Å². The van der Waals surface area contributed by atoms with Gasteiger partial charge in [-0.2, -0.15) is 39.5 Å². The van der Waals surface area contributed by atoms with Gasteiger partial charge < -0.3 is 23.0 Å². The van der Waals surface area contributed by atoms with Crippen LogP contribution >= 0.6 is 8.60 Å². The molecule has 1 atom stereocenters. The van der Waals surface area contributed by atoms with Crippen LogP contribution in [0, 0.1) is 0 Å². The van der Waals surface area contributed by atoms with Crippen LogP contribution in [0.5, 0.6) is 5.75 Å². The Labute approximate surface area is 281 Å². The second kappa shape index (κ2) is 15.3. The fourth-order valence-corrected chi connectivity index (χ4v) is 6.06. The van der Waals surface area contributed by atoms with E-state index in [1.54, 1.807) is 6.92 Å². The molecule has 6 nitrogen and oxygen atoms in total. The van der Waals surface area contributed by atoms with Crippen LogP contribution in [0.15, 0.2) is 41.4 Å². The second-order valence-electron chi connectivity index (χ2n) is 13.7. The summed E-state index contributed by atoms with van der Waals surface area (Å²) in [4.78, 5) is 4.60. The average molecular weight is 734 g/mol. The van der Waals surface area contributed by atoms with Crippen molar-refractivity contribution in [3.8, 4) is 5.75 Å². The molecule has 0 aliphatic carbocycles. The van der Waals surface area contributed by atoms with Gasteiger partial charge in [0.25, 0.3) is 0 Å². The van der Waals surface area contributed by atoms with E-state index in [0.717, 1.165) is 12.1 Å². The first-order valence-electron chi connectivity index (χ1n) is 15.4. The first-order valence-corrected chi connectivity index (χ1v) is 16.5. The molecule has 2 aromatic carbocycles. The molecule has 1 heterocycles. The average Bonchev–Trinajstić information content (AvgIpc) is 3.30. The summed E-state index contributed by atoms with van der Waals surface area (Å²) in [6.07, 6.45) is -14.9. The highest BCUT2D eigenvalue weighted by atomic mass is 31.2. The Morgan fingerprint density at radius 3 is 1.80 bits per heavy atom. The molecule has 3 rings (SSSR count). The van der Waals surface area contributed by atoms with E-state index in [1.807, 2.05) is 41.5 Å². The Hall–Kier alpha value is -2.61.